The highest BCUT2D eigenvalue weighted by Crippen LogP contribution is 2.27. The first-order valence-corrected chi connectivity index (χ1v) is 10.4. The Morgan fingerprint density at radius 3 is 2.37 bits per heavy atom. The minimum Gasteiger partial charge on any atom is -0.318 e. The van der Waals surface area contributed by atoms with Crippen molar-refractivity contribution in [2.24, 2.45) is 5.10 Å². The van der Waals surface area contributed by atoms with Gasteiger partial charge >= 0.3 is 0 Å². The summed E-state index contributed by atoms with van der Waals surface area (Å²) < 4.78 is 3.28. The van der Waals surface area contributed by atoms with Gasteiger partial charge in [0.15, 0.2) is 5.92 Å². The number of nitriles is 1. The highest BCUT2D eigenvalue weighted by Gasteiger charge is 2.19. The van der Waals surface area contributed by atoms with Crippen LogP contribution >= 0.6 is 15.9 Å². The van der Waals surface area contributed by atoms with E-state index in [1.54, 1.807) is 30.5 Å². The first-order valence-electron chi connectivity index (χ1n) is 9.57. The fraction of sp³-hybridized carbons (Fsp3) is 0.208. The minimum atomic E-state index is -0.899. The molecule has 6 heteroatoms. The molecule has 0 radical (unpaired) electrons. The zero-order chi connectivity index (χ0) is 21.8. The summed E-state index contributed by atoms with van der Waals surface area (Å²) in [6, 6.07) is 17.3. The van der Waals surface area contributed by atoms with Crippen molar-refractivity contribution >= 4 is 28.1 Å². The van der Waals surface area contributed by atoms with E-state index in [4.69, 9.17) is 0 Å². The van der Waals surface area contributed by atoms with Crippen LogP contribution in [0.1, 0.15) is 39.6 Å². The summed E-state index contributed by atoms with van der Waals surface area (Å²) in [4.78, 5) is 12.4. The van der Waals surface area contributed by atoms with Crippen LogP contribution < -0.4 is 5.43 Å². The van der Waals surface area contributed by atoms with Crippen LogP contribution in [0.15, 0.2) is 58.1 Å². The van der Waals surface area contributed by atoms with Gasteiger partial charge in [-0.05, 0) is 62.6 Å². The quantitative estimate of drug-likeness (QED) is 0.416. The lowest BCUT2D eigenvalue weighted by atomic mass is 10.0. The third kappa shape index (κ3) is 4.37. The Balaban J connectivity index is 1.82. The molecule has 2 aromatic carbocycles. The second-order valence-electron chi connectivity index (χ2n) is 7.26. The first-order chi connectivity index (χ1) is 14.3. The maximum Gasteiger partial charge on any atom is 0.261 e. The van der Waals surface area contributed by atoms with Crippen molar-refractivity contribution in [3.8, 4) is 11.8 Å². The predicted octanol–water partition coefficient (Wildman–Crippen LogP) is 5.23. The number of aryl methyl sites for hydroxylation is 3. The molecule has 30 heavy (non-hydrogen) atoms. The average Bonchev–Trinajstić information content (AvgIpc) is 3.00. The first kappa shape index (κ1) is 21.5. The molecule has 5 nitrogen and oxygen atoms in total. The fourth-order valence-electron chi connectivity index (χ4n) is 3.53. The van der Waals surface area contributed by atoms with Gasteiger partial charge in [0.2, 0.25) is 0 Å². The average molecular weight is 463 g/mol. The van der Waals surface area contributed by atoms with Gasteiger partial charge in [0.25, 0.3) is 5.91 Å². The van der Waals surface area contributed by atoms with E-state index in [1.807, 2.05) is 32.0 Å². The van der Waals surface area contributed by atoms with Gasteiger partial charge in [0, 0.05) is 27.1 Å². The van der Waals surface area contributed by atoms with E-state index in [0.29, 0.717) is 5.56 Å². The zero-order valence-electron chi connectivity index (χ0n) is 17.4. The van der Waals surface area contributed by atoms with Gasteiger partial charge in [-0.2, -0.15) is 10.4 Å². The van der Waals surface area contributed by atoms with Gasteiger partial charge in [-0.1, -0.05) is 46.3 Å². The summed E-state index contributed by atoms with van der Waals surface area (Å²) in [7, 11) is 0. The largest absolute Gasteiger partial charge is 0.318 e. The van der Waals surface area contributed by atoms with E-state index < -0.39 is 11.8 Å². The number of hydrogen-bond donors (Lipinski definition) is 1. The van der Waals surface area contributed by atoms with Crippen molar-refractivity contribution in [3.05, 3.63) is 86.6 Å². The molecule has 0 fully saturated rings. The second-order valence-corrected chi connectivity index (χ2v) is 8.06. The summed E-state index contributed by atoms with van der Waals surface area (Å²) in [5.41, 5.74) is 9.56. The van der Waals surface area contributed by atoms with Crippen LogP contribution in [0, 0.1) is 39.0 Å². The van der Waals surface area contributed by atoms with Gasteiger partial charge < -0.3 is 4.57 Å². The minimum absolute atomic E-state index is 0.451. The Kier molecular flexibility index (Phi) is 6.53. The Hall–Kier alpha value is -3.17. The highest BCUT2D eigenvalue weighted by atomic mass is 79.9. The van der Waals surface area contributed by atoms with Crippen molar-refractivity contribution in [3.63, 3.8) is 0 Å². The molecule has 0 spiro atoms. The summed E-state index contributed by atoms with van der Waals surface area (Å²) in [5, 5.41) is 13.5. The van der Waals surface area contributed by atoms with Crippen molar-refractivity contribution in [1.29, 1.82) is 5.26 Å². The smallest absolute Gasteiger partial charge is 0.261 e. The molecule has 1 heterocycles. The Labute approximate surface area is 185 Å². The number of carbonyl (C=O) groups is 1. The van der Waals surface area contributed by atoms with Crippen LogP contribution in [-0.4, -0.2) is 16.7 Å². The van der Waals surface area contributed by atoms with Gasteiger partial charge in [-0.15, -0.1) is 0 Å². The molecule has 0 aliphatic carbocycles. The molecule has 3 aromatic rings. The van der Waals surface area contributed by atoms with Crippen LogP contribution in [0.3, 0.4) is 0 Å². The third-order valence-corrected chi connectivity index (χ3v) is 6.30. The van der Waals surface area contributed by atoms with E-state index in [-0.39, 0.29) is 0 Å². The molecule has 0 bridgehead atoms. The molecule has 0 unspecified atom stereocenters. The summed E-state index contributed by atoms with van der Waals surface area (Å²) in [5.74, 6) is -1.35. The van der Waals surface area contributed by atoms with E-state index in [0.717, 1.165) is 27.1 Å². The summed E-state index contributed by atoms with van der Waals surface area (Å²) in [6.07, 6.45) is 1.62. The van der Waals surface area contributed by atoms with E-state index >= 15 is 0 Å². The Morgan fingerprint density at radius 1 is 1.13 bits per heavy atom. The normalized spacial score (nSPS) is 12.0. The molecule has 0 aliphatic rings. The number of nitrogens with zero attached hydrogens (tertiary/aromatic N) is 3. The SMILES string of the molecule is Cc1cc(-n2c(C)cc(/C=N\NC(=O)[C@H](C#N)c3ccccc3)c2C)cc(C)c1Br. The number of amides is 1. The molecule has 0 saturated carbocycles. The molecule has 3 rings (SSSR count). The summed E-state index contributed by atoms with van der Waals surface area (Å²) >= 11 is 3.62. The van der Waals surface area contributed by atoms with Gasteiger partial charge in [0.05, 0.1) is 12.3 Å². The number of hydrazone groups is 1. The van der Waals surface area contributed by atoms with Crippen molar-refractivity contribution in [2.75, 3.05) is 0 Å². The second kappa shape index (κ2) is 9.10. The Bertz CT molecular complexity index is 1130. The number of halogens is 1. The number of rotatable bonds is 5. The van der Waals surface area contributed by atoms with Crippen LogP contribution in [0.4, 0.5) is 0 Å². The van der Waals surface area contributed by atoms with Crippen LogP contribution in [0.5, 0.6) is 0 Å². The lowest BCUT2D eigenvalue weighted by Crippen LogP contribution is -2.24. The van der Waals surface area contributed by atoms with Crippen molar-refractivity contribution in [2.45, 2.75) is 33.6 Å². The molecule has 1 amide bonds. The molecule has 1 N–H and O–H groups in total. The molecule has 1 aromatic heterocycles. The van der Waals surface area contributed by atoms with Crippen molar-refractivity contribution < 1.29 is 4.79 Å². The Morgan fingerprint density at radius 2 is 1.77 bits per heavy atom. The van der Waals surface area contributed by atoms with Crippen molar-refractivity contribution in [1.82, 2.24) is 9.99 Å². The zero-order valence-corrected chi connectivity index (χ0v) is 19.0. The van der Waals surface area contributed by atoms with Gasteiger partial charge in [-0.3, -0.25) is 4.79 Å². The molecular weight excluding hydrogens is 440 g/mol. The topological polar surface area (TPSA) is 70.2 Å². The van der Waals surface area contributed by atoms with Crippen LogP contribution in [0.2, 0.25) is 0 Å². The van der Waals surface area contributed by atoms with E-state index in [2.05, 4.69) is 57.0 Å². The van der Waals surface area contributed by atoms with E-state index in [9.17, 15) is 10.1 Å². The maximum absolute atomic E-state index is 12.4. The number of carbonyl (C=O) groups excluding carboxylic acids is 1. The lowest BCUT2D eigenvalue weighted by molar-refractivity contribution is -0.121. The summed E-state index contributed by atoms with van der Waals surface area (Å²) in [6.45, 7) is 8.21. The third-order valence-electron chi connectivity index (χ3n) is 5.05. The number of nitrogens with one attached hydrogen (secondary N) is 1. The standard InChI is InChI=1S/C24H23BrN4O/c1-15-10-21(11-16(2)23(15)25)29-17(3)12-20(18(29)4)14-27-28-24(30)22(13-26)19-8-6-5-7-9-19/h5-12,14,22H,1-4H3,(H,28,30)/b27-14-/t22-/m1/s1. The predicted molar refractivity (Wildman–Crippen MR) is 123 cm³/mol. The molecular formula is C24H23BrN4O. The fourth-order valence-corrected chi connectivity index (χ4v) is 3.76. The maximum atomic E-state index is 12.4. The monoisotopic (exact) mass is 462 g/mol. The molecule has 0 saturated heterocycles. The van der Waals surface area contributed by atoms with Crippen LogP contribution in [0.25, 0.3) is 5.69 Å². The molecule has 152 valence electrons. The number of benzene rings is 2. The van der Waals surface area contributed by atoms with E-state index in [1.165, 1.54) is 11.1 Å². The molecule has 0 aliphatic heterocycles. The number of hydrogen-bond acceptors (Lipinski definition) is 3. The number of aromatic nitrogens is 1. The van der Waals surface area contributed by atoms with Gasteiger partial charge in [0.1, 0.15) is 0 Å². The van der Waals surface area contributed by atoms with Crippen LogP contribution in [-0.2, 0) is 4.79 Å². The highest BCUT2D eigenvalue weighted by molar-refractivity contribution is 9.10. The lowest BCUT2D eigenvalue weighted by Gasteiger charge is -2.13. The molecule has 1 atom stereocenters. The van der Waals surface area contributed by atoms with Gasteiger partial charge in [-0.25, -0.2) is 5.43 Å².